The van der Waals surface area contributed by atoms with E-state index in [1.54, 1.807) is 0 Å². The molecule has 1 saturated heterocycles. The molecule has 1 amide bonds. The second-order valence-corrected chi connectivity index (χ2v) is 11.4. The second kappa shape index (κ2) is 11.7. The maximum Gasteiger partial charge on any atom is 0.226 e. The van der Waals surface area contributed by atoms with Gasteiger partial charge in [-0.05, 0) is 105 Å². The molecule has 1 fully saturated rings. The molecule has 1 aliphatic rings. The molecule has 3 heterocycles. The molecule has 2 aromatic heterocycles. The molecule has 7 nitrogen and oxygen atoms in total. The highest BCUT2D eigenvalue weighted by molar-refractivity contribution is 7.80. The number of aryl methyl sites for hydroxylation is 3. The highest BCUT2D eigenvalue weighted by Gasteiger charge is 2.41. The number of nitrogens with zero attached hydrogens (tertiary/aromatic N) is 4. The number of carbonyl (C=O) groups is 1. The quantitative estimate of drug-likeness (QED) is 0.249. The molecule has 0 spiro atoms. The van der Waals surface area contributed by atoms with E-state index in [9.17, 15) is 4.79 Å². The minimum atomic E-state index is -0.143. The van der Waals surface area contributed by atoms with Crippen LogP contribution in [0.2, 0.25) is 0 Å². The van der Waals surface area contributed by atoms with Crippen LogP contribution in [0, 0.1) is 27.7 Å². The first-order valence-corrected chi connectivity index (χ1v) is 14.4. The van der Waals surface area contributed by atoms with Crippen LogP contribution in [0.1, 0.15) is 52.3 Å². The average Bonchev–Trinajstić information content (AvgIpc) is 3.44. The number of amides is 1. The van der Waals surface area contributed by atoms with E-state index in [-0.39, 0.29) is 18.0 Å². The summed E-state index contributed by atoms with van der Waals surface area (Å²) in [6.07, 6.45) is 2.12. The van der Waals surface area contributed by atoms with Gasteiger partial charge < -0.3 is 25.0 Å². The summed E-state index contributed by atoms with van der Waals surface area (Å²) in [6.45, 7) is 8.81. The Morgan fingerprint density at radius 1 is 1.02 bits per heavy atom. The van der Waals surface area contributed by atoms with Crippen molar-refractivity contribution in [2.45, 2.75) is 46.2 Å². The monoisotopic (exact) mass is 566 g/mol. The summed E-state index contributed by atoms with van der Waals surface area (Å²) in [5.74, 6) is -0.0343. The lowest BCUT2D eigenvalue weighted by molar-refractivity contribution is -0.116. The van der Waals surface area contributed by atoms with E-state index in [2.05, 4.69) is 80.2 Å². The topological polar surface area (TPSA) is 65.4 Å². The van der Waals surface area contributed by atoms with Crippen molar-refractivity contribution in [3.8, 4) is 5.69 Å². The van der Waals surface area contributed by atoms with E-state index in [4.69, 9.17) is 12.2 Å². The van der Waals surface area contributed by atoms with Crippen LogP contribution < -0.4 is 15.5 Å². The molecule has 2 aromatic carbocycles. The molecule has 0 saturated carbocycles. The van der Waals surface area contributed by atoms with E-state index in [1.165, 1.54) is 0 Å². The highest BCUT2D eigenvalue weighted by Crippen LogP contribution is 2.41. The average molecular weight is 567 g/mol. The van der Waals surface area contributed by atoms with Crippen molar-refractivity contribution in [2.24, 2.45) is 0 Å². The number of aromatic nitrogens is 2. The van der Waals surface area contributed by atoms with E-state index < -0.39 is 0 Å². The molecule has 41 heavy (non-hydrogen) atoms. The first-order chi connectivity index (χ1) is 19.6. The molecule has 0 bridgehead atoms. The minimum absolute atomic E-state index is 0.0343. The summed E-state index contributed by atoms with van der Waals surface area (Å²) in [5.41, 5.74) is 9.63. The normalized spacial score (nSPS) is 16.5. The van der Waals surface area contributed by atoms with Crippen LogP contribution in [-0.4, -0.2) is 46.1 Å². The Balaban J connectivity index is 1.46. The first-order valence-electron chi connectivity index (χ1n) is 14.0. The highest BCUT2D eigenvalue weighted by atomic mass is 32.1. The van der Waals surface area contributed by atoms with E-state index in [0.29, 0.717) is 18.1 Å². The van der Waals surface area contributed by atoms with Crippen molar-refractivity contribution in [1.82, 2.24) is 19.8 Å². The molecule has 2 N–H and O–H groups in total. The Hall–Kier alpha value is -4.17. The largest absolute Gasteiger partial charge is 0.378 e. The zero-order valence-corrected chi connectivity index (χ0v) is 25.4. The summed E-state index contributed by atoms with van der Waals surface area (Å²) >= 11 is 5.87. The van der Waals surface area contributed by atoms with Gasteiger partial charge in [-0.3, -0.25) is 9.78 Å². The number of hydrogen-bond acceptors (Lipinski definition) is 4. The number of pyridine rings is 1. The first kappa shape index (κ1) is 28.4. The third kappa shape index (κ3) is 5.84. The minimum Gasteiger partial charge on any atom is -0.378 e. The van der Waals surface area contributed by atoms with Gasteiger partial charge in [0.05, 0.1) is 17.8 Å². The van der Waals surface area contributed by atoms with Gasteiger partial charge in [0.1, 0.15) is 0 Å². The van der Waals surface area contributed by atoms with Crippen molar-refractivity contribution in [2.75, 3.05) is 30.9 Å². The van der Waals surface area contributed by atoms with Crippen LogP contribution in [0.5, 0.6) is 0 Å². The fraction of sp³-hybridized carbons (Fsp3) is 0.303. The Labute approximate surface area is 248 Å². The van der Waals surface area contributed by atoms with Crippen molar-refractivity contribution in [1.29, 1.82) is 0 Å². The van der Waals surface area contributed by atoms with Crippen LogP contribution in [0.15, 0.2) is 72.9 Å². The Morgan fingerprint density at radius 3 is 2.46 bits per heavy atom. The van der Waals surface area contributed by atoms with Crippen molar-refractivity contribution < 1.29 is 4.79 Å². The molecule has 1 aliphatic heterocycles. The third-order valence-corrected chi connectivity index (χ3v) is 8.21. The van der Waals surface area contributed by atoms with E-state index in [1.807, 2.05) is 64.5 Å². The Morgan fingerprint density at radius 2 is 1.78 bits per heavy atom. The van der Waals surface area contributed by atoms with Gasteiger partial charge in [-0.25, -0.2) is 0 Å². The van der Waals surface area contributed by atoms with Crippen LogP contribution >= 0.6 is 12.2 Å². The van der Waals surface area contributed by atoms with Gasteiger partial charge in [-0.1, -0.05) is 18.2 Å². The molecule has 0 radical (unpaired) electrons. The van der Waals surface area contributed by atoms with Crippen molar-refractivity contribution in [3.63, 3.8) is 0 Å². The molecular formula is C33H38N6OS. The zero-order chi connectivity index (χ0) is 29.3. The molecular weight excluding hydrogens is 528 g/mol. The molecule has 4 aromatic rings. The van der Waals surface area contributed by atoms with Gasteiger partial charge in [-0.15, -0.1) is 0 Å². The molecule has 212 valence electrons. The lowest BCUT2D eigenvalue weighted by Crippen LogP contribution is -2.33. The summed E-state index contributed by atoms with van der Waals surface area (Å²) in [7, 11) is 4.09. The Bertz CT molecular complexity index is 1560. The SMILES string of the molecule is Cc1ccc(C)c(NC(=O)CCN2C(=S)N[C@@H](c3ccccn3)[C@H]2c2cc(C)n(-c3ccc(N(C)C)cc3)c2C)c1. The maximum atomic E-state index is 13.1. The lowest BCUT2D eigenvalue weighted by Gasteiger charge is -2.28. The number of rotatable bonds is 8. The summed E-state index contributed by atoms with van der Waals surface area (Å²) in [4.78, 5) is 22.0. The molecule has 0 unspecified atom stereocenters. The summed E-state index contributed by atoms with van der Waals surface area (Å²) in [6, 6.07) is 22.6. The van der Waals surface area contributed by atoms with Gasteiger partial charge >= 0.3 is 0 Å². The van der Waals surface area contributed by atoms with E-state index >= 15 is 0 Å². The number of thiocarbonyl (C=S) groups is 1. The van der Waals surface area contributed by atoms with Gasteiger partial charge in [0.2, 0.25) is 5.91 Å². The summed E-state index contributed by atoms with van der Waals surface area (Å²) in [5, 5.41) is 7.25. The third-order valence-electron chi connectivity index (χ3n) is 7.86. The number of anilines is 2. The number of nitrogens with one attached hydrogen (secondary N) is 2. The Kier molecular flexibility index (Phi) is 8.13. The predicted molar refractivity (Wildman–Crippen MR) is 171 cm³/mol. The molecule has 5 rings (SSSR count). The number of hydrogen-bond donors (Lipinski definition) is 2. The van der Waals surface area contributed by atoms with Gasteiger partial charge in [0, 0.05) is 61.7 Å². The molecule has 0 aliphatic carbocycles. The van der Waals surface area contributed by atoms with Crippen LogP contribution in [0.3, 0.4) is 0 Å². The maximum absolute atomic E-state index is 13.1. The van der Waals surface area contributed by atoms with Crippen LogP contribution in [0.4, 0.5) is 11.4 Å². The van der Waals surface area contributed by atoms with Crippen LogP contribution in [-0.2, 0) is 4.79 Å². The molecule has 2 atom stereocenters. The fourth-order valence-electron chi connectivity index (χ4n) is 5.67. The molecule has 8 heteroatoms. The van der Waals surface area contributed by atoms with Gasteiger partial charge in [0.25, 0.3) is 0 Å². The lowest BCUT2D eigenvalue weighted by atomic mass is 9.96. The smallest absolute Gasteiger partial charge is 0.226 e. The summed E-state index contributed by atoms with van der Waals surface area (Å²) < 4.78 is 2.29. The zero-order valence-electron chi connectivity index (χ0n) is 24.6. The predicted octanol–water partition coefficient (Wildman–Crippen LogP) is 6.17. The van der Waals surface area contributed by atoms with Crippen molar-refractivity contribution in [3.05, 3.63) is 107 Å². The van der Waals surface area contributed by atoms with Gasteiger partial charge in [-0.2, -0.15) is 0 Å². The van der Waals surface area contributed by atoms with Crippen LogP contribution in [0.25, 0.3) is 5.69 Å². The standard InChI is InChI=1S/C33H38N6OS/c1-21-10-11-22(2)29(19-21)35-30(40)16-18-38-32(31(36-33(38)41)28-9-7-8-17-34-28)27-20-23(3)39(24(27)4)26-14-12-25(13-15-26)37(5)6/h7-15,17,19-20,31-32H,16,18H2,1-6H3,(H,35,40)(H,36,41)/t31-,32+/m0/s1. The van der Waals surface area contributed by atoms with E-state index in [0.717, 1.165) is 50.8 Å². The van der Waals surface area contributed by atoms with Gasteiger partial charge in [0.15, 0.2) is 5.11 Å². The van der Waals surface area contributed by atoms with Crippen molar-refractivity contribution >= 4 is 34.6 Å². The number of carbonyl (C=O) groups excluding carboxylic acids is 1. The fourth-order valence-corrected chi connectivity index (χ4v) is 6.01. The number of benzene rings is 2. The second-order valence-electron chi connectivity index (χ2n) is 11.0.